The van der Waals surface area contributed by atoms with Crippen molar-refractivity contribution in [1.29, 1.82) is 0 Å². The molecule has 1 aromatic heterocycles. The van der Waals surface area contributed by atoms with Crippen LogP contribution in [0.2, 0.25) is 0 Å². The van der Waals surface area contributed by atoms with Crippen molar-refractivity contribution in [3.63, 3.8) is 0 Å². The molecule has 0 radical (unpaired) electrons. The fourth-order valence-electron chi connectivity index (χ4n) is 2.43. The van der Waals surface area contributed by atoms with Gasteiger partial charge in [0.05, 0.1) is 6.61 Å². The van der Waals surface area contributed by atoms with E-state index in [1.54, 1.807) is 0 Å². The molecule has 0 saturated carbocycles. The van der Waals surface area contributed by atoms with E-state index in [1.807, 2.05) is 0 Å². The van der Waals surface area contributed by atoms with Crippen LogP contribution in [0, 0.1) is 0 Å². The molecule has 0 amide bonds. The number of aliphatic hydroxyl groups excluding tert-OH is 4. The van der Waals surface area contributed by atoms with Crippen LogP contribution in [0.3, 0.4) is 0 Å². The summed E-state index contributed by atoms with van der Waals surface area (Å²) in [7, 11) is 0. The lowest BCUT2D eigenvalue weighted by Crippen LogP contribution is -2.36. The second kappa shape index (κ2) is 7.16. The van der Waals surface area contributed by atoms with Gasteiger partial charge < -0.3 is 30.9 Å². The maximum Gasteiger partial charge on any atom is 0.351 e. The Balaban J connectivity index is 2.27. The third-order valence-corrected chi connectivity index (χ3v) is 3.71. The lowest BCUT2D eigenvalue weighted by atomic mass is 10.1. The van der Waals surface area contributed by atoms with Crippen LogP contribution in [0.4, 0.5) is 5.82 Å². The fourth-order valence-corrected chi connectivity index (χ4v) is 2.43. The highest BCUT2D eigenvalue weighted by molar-refractivity contribution is 5.36. The van der Waals surface area contributed by atoms with E-state index in [-0.39, 0.29) is 12.4 Å². The number of anilines is 1. The Morgan fingerprint density at radius 1 is 1.27 bits per heavy atom. The van der Waals surface area contributed by atoms with Gasteiger partial charge in [-0.25, -0.2) is 4.79 Å². The molecule has 0 bridgehead atoms. The molecule has 9 nitrogen and oxygen atoms in total. The molecular weight excluding hydrogens is 294 g/mol. The van der Waals surface area contributed by atoms with Gasteiger partial charge in [-0.15, -0.1) is 0 Å². The number of nitrogens with zero attached hydrogens (tertiary/aromatic N) is 2. The Kier molecular flexibility index (Phi) is 5.48. The molecule has 1 aliphatic rings. The fraction of sp³-hybridized carbons (Fsp3) is 0.692. The molecule has 0 spiro atoms. The van der Waals surface area contributed by atoms with Gasteiger partial charge in [0.15, 0.2) is 6.23 Å². The third kappa shape index (κ3) is 3.28. The minimum Gasteiger partial charge on any atom is -0.396 e. The lowest BCUT2D eigenvalue weighted by molar-refractivity contribution is -0.0550. The molecule has 22 heavy (non-hydrogen) atoms. The molecule has 1 fully saturated rings. The van der Waals surface area contributed by atoms with Crippen LogP contribution in [0.5, 0.6) is 0 Å². The molecule has 2 rings (SSSR count). The SMILES string of the molecule is Nc1nc(=O)n([C@@H]2O[C@H](CO)C(O)C2O)cc1CCCCO. The second-order valence-corrected chi connectivity index (χ2v) is 5.25. The first-order valence-corrected chi connectivity index (χ1v) is 7.10. The summed E-state index contributed by atoms with van der Waals surface area (Å²) in [5, 5.41) is 37.6. The predicted molar refractivity (Wildman–Crippen MR) is 75.9 cm³/mol. The number of ether oxygens (including phenoxy) is 1. The lowest BCUT2D eigenvalue weighted by Gasteiger charge is -2.18. The minimum atomic E-state index is -1.36. The summed E-state index contributed by atoms with van der Waals surface area (Å²) < 4.78 is 6.38. The van der Waals surface area contributed by atoms with Crippen LogP contribution in [-0.4, -0.2) is 61.5 Å². The Morgan fingerprint density at radius 3 is 2.59 bits per heavy atom. The van der Waals surface area contributed by atoms with Crippen molar-refractivity contribution in [3.8, 4) is 0 Å². The van der Waals surface area contributed by atoms with Crippen molar-refractivity contribution in [2.24, 2.45) is 0 Å². The Hall–Kier alpha value is -1.52. The summed E-state index contributed by atoms with van der Waals surface area (Å²) in [6.07, 6.45) is -1.56. The highest BCUT2D eigenvalue weighted by atomic mass is 16.6. The summed E-state index contributed by atoms with van der Waals surface area (Å²) in [5.74, 6) is 0.0888. The first kappa shape index (κ1) is 16.8. The zero-order valence-corrected chi connectivity index (χ0v) is 12.0. The van der Waals surface area contributed by atoms with Crippen molar-refractivity contribution in [2.75, 3.05) is 18.9 Å². The van der Waals surface area contributed by atoms with Crippen LogP contribution < -0.4 is 11.4 Å². The monoisotopic (exact) mass is 315 g/mol. The molecule has 124 valence electrons. The van der Waals surface area contributed by atoms with Gasteiger partial charge in [-0.3, -0.25) is 4.57 Å². The average molecular weight is 315 g/mol. The molecule has 1 aromatic rings. The maximum atomic E-state index is 12.0. The maximum absolute atomic E-state index is 12.0. The van der Waals surface area contributed by atoms with Gasteiger partial charge in [0, 0.05) is 18.4 Å². The number of aromatic nitrogens is 2. The molecule has 2 unspecified atom stereocenters. The van der Waals surface area contributed by atoms with E-state index in [0.29, 0.717) is 24.8 Å². The topological polar surface area (TPSA) is 151 Å². The summed E-state index contributed by atoms with van der Waals surface area (Å²) in [5.41, 5.74) is 5.59. The smallest absolute Gasteiger partial charge is 0.351 e. The van der Waals surface area contributed by atoms with Crippen molar-refractivity contribution in [3.05, 3.63) is 22.2 Å². The normalized spacial score (nSPS) is 28.2. The second-order valence-electron chi connectivity index (χ2n) is 5.25. The number of aryl methyl sites for hydroxylation is 1. The van der Waals surface area contributed by atoms with E-state index in [0.717, 1.165) is 4.57 Å². The molecule has 1 saturated heterocycles. The molecule has 6 N–H and O–H groups in total. The molecular formula is C13H21N3O6. The number of nitrogens with two attached hydrogens (primary N) is 1. The first-order valence-electron chi connectivity index (χ1n) is 7.10. The quantitative estimate of drug-likeness (QED) is 0.369. The van der Waals surface area contributed by atoms with Gasteiger partial charge in [-0.1, -0.05) is 0 Å². The highest BCUT2D eigenvalue weighted by Gasteiger charge is 2.43. The van der Waals surface area contributed by atoms with E-state index in [1.165, 1.54) is 6.20 Å². The molecule has 0 aliphatic carbocycles. The van der Waals surface area contributed by atoms with Gasteiger partial charge >= 0.3 is 5.69 Å². The van der Waals surface area contributed by atoms with Crippen molar-refractivity contribution in [1.82, 2.24) is 9.55 Å². The third-order valence-electron chi connectivity index (χ3n) is 3.71. The average Bonchev–Trinajstić information content (AvgIpc) is 2.77. The standard InChI is InChI=1S/C13H21N3O6/c14-11-7(3-1-2-4-17)5-16(13(21)15-11)12-10(20)9(19)8(6-18)22-12/h5,8-10,12,17-20H,1-4,6H2,(H2,14,15,21)/t8-,9?,10?,12-/m1/s1. The van der Waals surface area contributed by atoms with Crippen molar-refractivity contribution < 1.29 is 25.2 Å². The van der Waals surface area contributed by atoms with Gasteiger partial charge in [0.1, 0.15) is 24.1 Å². The van der Waals surface area contributed by atoms with Crippen LogP contribution in [0.25, 0.3) is 0 Å². The summed E-state index contributed by atoms with van der Waals surface area (Å²) in [6.45, 7) is -0.420. The largest absolute Gasteiger partial charge is 0.396 e. The Labute approximate surface area is 126 Å². The number of nitrogen functional groups attached to an aromatic ring is 1. The van der Waals surface area contributed by atoms with Gasteiger partial charge in [0.2, 0.25) is 0 Å². The highest BCUT2D eigenvalue weighted by Crippen LogP contribution is 2.28. The Morgan fingerprint density at radius 2 is 2.00 bits per heavy atom. The zero-order chi connectivity index (χ0) is 16.3. The predicted octanol–water partition coefficient (Wildman–Crippen LogP) is -2.25. The van der Waals surface area contributed by atoms with Crippen LogP contribution in [0.1, 0.15) is 24.6 Å². The van der Waals surface area contributed by atoms with Crippen LogP contribution in [-0.2, 0) is 11.2 Å². The van der Waals surface area contributed by atoms with E-state index in [9.17, 15) is 15.0 Å². The molecule has 4 atom stereocenters. The van der Waals surface area contributed by atoms with Gasteiger partial charge in [-0.2, -0.15) is 4.98 Å². The molecule has 0 aromatic carbocycles. The summed E-state index contributed by atoms with van der Waals surface area (Å²) >= 11 is 0. The van der Waals surface area contributed by atoms with E-state index < -0.39 is 36.8 Å². The van der Waals surface area contributed by atoms with Crippen molar-refractivity contribution >= 4 is 5.82 Å². The Bertz CT molecular complexity index is 563. The van der Waals surface area contributed by atoms with Crippen LogP contribution in [0.15, 0.2) is 11.0 Å². The summed E-state index contributed by atoms with van der Waals surface area (Å²) in [6, 6.07) is 0. The first-order chi connectivity index (χ1) is 10.5. The molecule has 2 heterocycles. The number of unbranched alkanes of at least 4 members (excludes halogenated alkanes) is 1. The number of hydrogen-bond acceptors (Lipinski definition) is 8. The molecule has 9 heteroatoms. The minimum absolute atomic E-state index is 0.0573. The van der Waals surface area contributed by atoms with E-state index >= 15 is 0 Å². The van der Waals surface area contributed by atoms with Gasteiger partial charge in [0.25, 0.3) is 0 Å². The van der Waals surface area contributed by atoms with Crippen molar-refractivity contribution in [2.45, 2.75) is 43.8 Å². The molecule has 1 aliphatic heterocycles. The number of aliphatic hydroxyl groups is 4. The number of rotatable bonds is 6. The zero-order valence-electron chi connectivity index (χ0n) is 12.0. The number of hydrogen-bond donors (Lipinski definition) is 5. The van der Waals surface area contributed by atoms with Crippen LogP contribution >= 0.6 is 0 Å². The van der Waals surface area contributed by atoms with E-state index in [2.05, 4.69) is 4.98 Å². The van der Waals surface area contributed by atoms with E-state index in [4.69, 9.17) is 20.7 Å². The van der Waals surface area contributed by atoms with Gasteiger partial charge in [-0.05, 0) is 19.3 Å². The summed E-state index contributed by atoms with van der Waals surface area (Å²) in [4.78, 5) is 15.6.